The first kappa shape index (κ1) is 15.0. The standard InChI is InChI=1S/C14H16F2N4O/c1-10(9-20-7-3-6-18-20)8-17-14(21)19-12-5-2-4-11(15)13(12)16/h2-7,10H,8-9H2,1H3,(H2,17,19,21). The molecule has 0 fully saturated rings. The van der Waals surface area contributed by atoms with Crippen molar-refractivity contribution in [1.82, 2.24) is 15.1 Å². The molecule has 1 heterocycles. The number of carbonyl (C=O) groups excluding carboxylic acids is 1. The van der Waals surface area contributed by atoms with Crippen molar-refractivity contribution in [2.24, 2.45) is 5.92 Å². The van der Waals surface area contributed by atoms with Gasteiger partial charge in [-0.2, -0.15) is 5.10 Å². The number of anilines is 1. The van der Waals surface area contributed by atoms with Gasteiger partial charge in [-0.1, -0.05) is 13.0 Å². The van der Waals surface area contributed by atoms with E-state index in [4.69, 9.17) is 0 Å². The lowest BCUT2D eigenvalue weighted by Gasteiger charge is -2.13. The van der Waals surface area contributed by atoms with Crippen LogP contribution in [0, 0.1) is 17.6 Å². The topological polar surface area (TPSA) is 59.0 Å². The molecule has 0 spiro atoms. The zero-order valence-corrected chi connectivity index (χ0v) is 11.5. The Bertz CT molecular complexity index is 601. The molecule has 21 heavy (non-hydrogen) atoms. The second-order valence-corrected chi connectivity index (χ2v) is 4.77. The minimum Gasteiger partial charge on any atom is -0.338 e. The van der Waals surface area contributed by atoms with Crippen LogP contribution in [0.3, 0.4) is 0 Å². The number of nitrogens with one attached hydrogen (secondary N) is 2. The quantitative estimate of drug-likeness (QED) is 0.890. The first-order valence-electron chi connectivity index (χ1n) is 6.52. The number of urea groups is 1. The number of amides is 2. The van der Waals surface area contributed by atoms with Gasteiger partial charge in [-0.15, -0.1) is 0 Å². The van der Waals surface area contributed by atoms with E-state index in [9.17, 15) is 13.6 Å². The number of halogens is 2. The molecule has 2 rings (SSSR count). The van der Waals surface area contributed by atoms with Gasteiger partial charge in [-0.05, 0) is 24.1 Å². The molecule has 1 aromatic carbocycles. The number of aromatic nitrogens is 2. The predicted molar refractivity (Wildman–Crippen MR) is 74.8 cm³/mol. The molecule has 0 bridgehead atoms. The molecule has 2 N–H and O–H groups in total. The third-order valence-corrected chi connectivity index (χ3v) is 2.87. The molecular formula is C14H16F2N4O. The maximum atomic E-state index is 13.4. The zero-order valence-electron chi connectivity index (χ0n) is 11.5. The summed E-state index contributed by atoms with van der Waals surface area (Å²) in [5, 5.41) is 8.96. The highest BCUT2D eigenvalue weighted by molar-refractivity contribution is 5.89. The summed E-state index contributed by atoms with van der Waals surface area (Å²) >= 11 is 0. The van der Waals surface area contributed by atoms with Crippen LogP contribution in [0.25, 0.3) is 0 Å². The van der Waals surface area contributed by atoms with Crippen LogP contribution in [-0.4, -0.2) is 22.4 Å². The van der Waals surface area contributed by atoms with E-state index in [1.54, 1.807) is 10.9 Å². The summed E-state index contributed by atoms with van der Waals surface area (Å²) < 4.78 is 28.1. The maximum Gasteiger partial charge on any atom is 0.319 e. The number of rotatable bonds is 5. The summed E-state index contributed by atoms with van der Waals surface area (Å²) in [5.74, 6) is -1.93. The molecule has 1 atom stereocenters. The van der Waals surface area contributed by atoms with Crippen LogP contribution >= 0.6 is 0 Å². The summed E-state index contributed by atoms with van der Waals surface area (Å²) in [7, 11) is 0. The van der Waals surface area contributed by atoms with Crippen molar-refractivity contribution in [2.75, 3.05) is 11.9 Å². The highest BCUT2D eigenvalue weighted by Gasteiger charge is 2.11. The molecule has 7 heteroatoms. The first-order valence-corrected chi connectivity index (χ1v) is 6.52. The van der Waals surface area contributed by atoms with E-state index in [-0.39, 0.29) is 11.6 Å². The molecule has 5 nitrogen and oxygen atoms in total. The largest absolute Gasteiger partial charge is 0.338 e. The third-order valence-electron chi connectivity index (χ3n) is 2.87. The molecule has 0 radical (unpaired) electrons. The molecule has 1 aromatic heterocycles. The molecule has 1 unspecified atom stereocenters. The van der Waals surface area contributed by atoms with Gasteiger partial charge in [0.2, 0.25) is 0 Å². The SMILES string of the molecule is CC(CNC(=O)Nc1cccc(F)c1F)Cn1cccn1. The van der Waals surface area contributed by atoms with Crippen LogP contribution in [0.1, 0.15) is 6.92 Å². The average molecular weight is 294 g/mol. The first-order chi connectivity index (χ1) is 10.1. The fourth-order valence-corrected chi connectivity index (χ4v) is 1.83. The van der Waals surface area contributed by atoms with Gasteiger partial charge in [0.1, 0.15) is 0 Å². The lowest BCUT2D eigenvalue weighted by molar-refractivity contribution is 0.249. The van der Waals surface area contributed by atoms with Gasteiger partial charge >= 0.3 is 6.03 Å². The molecule has 2 aromatic rings. The molecular weight excluding hydrogens is 278 g/mol. The fourth-order valence-electron chi connectivity index (χ4n) is 1.83. The number of hydrogen-bond donors (Lipinski definition) is 2. The zero-order chi connectivity index (χ0) is 15.2. The Morgan fingerprint density at radius 2 is 2.19 bits per heavy atom. The lowest BCUT2D eigenvalue weighted by Crippen LogP contribution is -2.33. The Morgan fingerprint density at radius 1 is 1.38 bits per heavy atom. The van der Waals surface area contributed by atoms with Crippen LogP contribution in [0.4, 0.5) is 19.3 Å². The summed E-state index contributed by atoms with van der Waals surface area (Å²) in [6.45, 7) is 3.00. The molecule has 0 saturated heterocycles. The fraction of sp³-hybridized carbons (Fsp3) is 0.286. The second kappa shape index (κ2) is 6.83. The van der Waals surface area contributed by atoms with Crippen molar-refractivity contribution >= 4 is 11.7 Å². The van der Waals surface area contributed by atoms with Crippen LogP contribution < -0.4 is 10.6 Å². The van der Waals surface area contributed by atoms with Gasteiger partial charge in [0, 0.05) is 25.5 Å². The van der Waals surface area contributed by atoms with Crippen molar-refractivity contribution in [3.63, 3.8) is 0 Å². The van der Waals surface area contributed by atoms with Crippen molar-refractivity contribution in [3.8, 4) is 0 Å². The third kappa shape index (κ3) is 4.27. The van der Waals surface area contributed by atoms with Gasteiger partial charge in [0.15, 0.2) is 11.6 Å². The summed E-state index contributed by atoms with van der Waals surface area (Å²) in [5.41, 5.74) is -0.188. The van der Waals surface area contributed by atoms with Crippen molar-refractivity contribution in [1.29, 1.82) is 0 Å². The summed E-state index contributed by atoms with van der Waals surface area (Å²) in [4.78, 5) is 11.6. The smallest absolute Gasteiger partial charge is 0.319 e. The van der Waals surface area contributed by atoms with Gasteiger partial charge in [0.05, 0.1) is 5.69 Å². The number of benzene rings is 1. The van der Waals surface area contributed by atoms with E-state index in [0.717, 1.165) is 6.07 Å². The maximum absolute atomic E-state index is 13.4. The predicted octanol–water partition coefficient (Wildman–Crippen LogP) is 2.62. The van der Waals surface area contributed by atoms with Crippen LogP contribution in [0.15, 0.2) is 36.7 Å². The van der Waals surface area contributed by atoms with Crippen LogP contribution in [-0.2, 0) is 6.54 Å². The Hall–Kier alpha value is -2.44. The van der Waals surface area contributed by atoms with E-state index < -0.39 is 17.7 Å². The molecule has 0 aliphatic heterocycles. The Labute approximate surface area is 121 Å². The molecule has 112 valence electrons. The van der Waals surface area contributed by atoms with Gasteiger partial charge in [0.25, 0.3) is 0 Å². The Balaban J connectivity index is 1.80. The van der Waals surface area contributed by atoms with Crippen molar-refractivity contribution < 1.29 is 13.6 Å². The molecule has 0 aliphatic carbocycles. The molecule has 2 amide bonds. The summed E-state index contributed by atoms with van der Waals surface area (Å²) in [6, 6.07) is 4.86. The van der Waals surface area contributed by atoms with Crippen molar-refractivity contribution in [2.45, 2.75) is 13.5 Å². The van der Waals surface area contributed by atoms with Crippen LogP contribution in [0.5, 0.6) is 0 Å². The minimum absolute atomic E-state index is 0.146. The number of hydrogen-bond acceptors (Lipinski definition) is 2. The van der Waals surface area contributed by atoms with E-state index in [1.165, 1.54) is 12.1 Å². The average Bonchev–Trinajstić information content (AvgIpc) is 2.94. The highest BCUT2D eigenvalue weighted by Crippen LogP contribution is 2.16. The van der Waals surface area contributed by atoms with Gasteiger partial charge < -0.3 is 10.6 Å². The summed E-state index contributed by atoms with van der Waals surface area (Å²) in [6.07, 6.45) is 3.51. The second-order valence-electron chi connectivity index (χ2n) is 4.77. The van der Waals surface area contributed by atoms with E-state index in [2.05, 4.69) is 15.7 Å². The van der Waals surface area contributed by atoms with E-state index >= 15 is 0 Å². The normalized spacial score (nSPS) is 12.0. The van der Waals surface area contributed by atoms with E-state index in [1.807, 2.05) is 19.2 Å². The lowest BCUT2D eigenvalue weighted by atomic mass is 10.2. The van der Waals surface area contributed by atoms with Crippen LogP contribution in [0.2, 0.25) is 0 Å². The molecule has 0 saturated carbocycles. The van der Waals surface area contributed by atoms with Crippen molar-refractivity contribution in [3.05, 3.63) is 48.3 Å². The number of nitrogens with zero attached hydrogens (tertiary/aromatic N) is 2. The Kier molecular flexibility index (Phi) is 4.86. The highest BCUT2D eigenvalue weighted by atomic mass is 19.2. The van der Waals surface area contributed by atoms with E-state index in [0.29, 0.717) is 13.1 Å². The minimum atomic E-state index is -1.07. The van der Waals surface area contributed by atoms with Gasteiger partial charge in [-0.3, -0.25) is 4.68 Å². The van der Waals surface area contributed by atoms with Gasteiger partial charge in [-0.25, -0.2) is 13.6 Å². The number of carbonyl (C=O) groups is 1. The Morgan fingerprint density at radius 3 is 2.90 bits per heavy atom. The molecule has 0 aliphatic rings. The monoisotopic (exact) mass is 294 g/mol.